The molecule has 0 N–H and O–H groups in total. The summed E-state index contributed by atoms with van der Waals surface area (Å²) in [4.78, 5) is 34.6. The van der Waals surface area contributed by atoms with Crippen LogP contribution in [0.5, 0.6) is 0 Å². The molecule has 3 heterocycles. The first-order chi connectivity index (χ1) is 12.6. The van der Waals surface area contributed by atoms with Crippen molar-refractivity contribution in [1.29, 1.82) is 0 Å². The zero-order valence-electron chi connectivity index (χ0n) is 14.2. The van der Waals surface area contributed by atoms with Gasteiger partial charge in [0, 0.05) is 45.1 Å². The van der Waals surface area contributed by atoms with Gasteiger partial charge in [-0.05, 0) is 29.8 Å². The molecule has 2 fully saturated rings. The van der Waals surface area contributed by atoms with Crippen molar-refractivity contribution in [2.24, 2.45) is 0 Å². The quantitative estimate of drug-likeness (QED) is 0.847. The number of rotatable bonds is 3. The molecule has 2 aliphatic heterocycles. The molecule has 0 radical (unpaired) electrons. The van der Waals surface area contributed by atoms with Crippen molar-refractivity contribution in [3.63, 3.8) is 0 Å². The Morgan fingerprint density at radius 2 is 1.96 bits per heavy atom. The molecular formula is C19H19FN4O2. The van der Waals surface area contributed by atoms with Crippen molar-refractivity contribution in [1.82, 2.24) is 19.7 Å². The second kappa shape index (κ2) is 6.74. The minimum absolute atomic E-state index is 0.0164. The van der Waals surface area contributed by atoms with Gasteiger partial charge in [-0.15, -0.1) is 0 Å². The molecule has 1 aromatic heterocycles. The summed E-state index contributed by atoms with van der Waals surface area (Å²) in [7, 11) is 0. The largest absolute Gasteiger partial charge is 0.335 e. The van der Waals surface area contributed by atoms with E-state index in [2.05, 4.69) is 4.98 Å². The molecule has 1 unspecified atom stereocenters. The summed E-state index contributed by atoms with van der Waals surface area (Å²) in [5.74, 6) is -0.342. The number of pyridine rings is 1. The van der Waals surface area contributed by atoms with Gasteiger partial charge in [0.05, 0.1) is 11.6 Å². The number of fused-ring (bicyclic) bond motifs is 1. The first kappa shape index (κ1) is 16.5. The number of amides is 3. The van der Waals surface area contributed by atoms with Gasteiger partial charge in [-0.2, -0.15) is 0 Å². The molecule has 7 heteroatoms. The lowest BCUT2D eigenvalue weighted by Crippen LogP contribution is -2.53. The summed E-state index contributed by atoms with van der Waals surface area (Å²) in [5.41, 5.74) is 1.45. The molecule has 6 nitrogen and oxygen atoms in total. The third kappa shape index (κ3) is 3.12. The minimum atomic E-state index is -0.288. The molecule has 2 saturated heterocycles. The Morgan fingerprint density at radius 3 is 2.69 bits per heavy atom. The van der Waals surface area contributed by atoms with Crippen molar-refractivity contribution in [2.75, 3.05) is 26.2 Å². The lowest BCUT2D eigenvalue weighted by molar-refractivity contribution is 0.0616. The van der Waals surface area contributed by atoms with Crippen LogP contribution in [0.4, 0.5) is 9.18 Å². The van der Waals surface area contributed by atoms with Crippen LogP contribution in [0, 0.1) is 5.82 Å². The number of benzene rings is 1. The Balaban J connectivity index is 1.43. The van der Waals surface area contributed by atoms with Crippen molar-refractivity contribution in [3.8, 4) is 0 Å². The van der Waals surface area contributed by atoms with Crippen molar-refractivity contribution < 1.29 is 14.0 Å². The van der Waals surface area contributed by atoms with E-state index in [1.54, 1.807) is 46.5 Å². The number of nitrogens with zero attached hydrogens (tertiary/aromatic N) is 4. The van der Waals surface area contributed by atoms with Gasteiger partial charge in [0.1, 0.15) is 5.82 Å². The van der Waals surface area contributed by atoms with Gasteiger partial charge in [0.15, 0.2) is 0 Å². The average Bonchev–Trinajstić information content (AvgIpc) is 2.98. The highest BCUT2D eigenvalue weighted by Crippen LogP contribution is 2.23. The van der Waals surface area contributed by atoms with E-state index in [-0.39, 0.29) is 23.8 Å². The van der Waals surface area contributed by atoms with E-state index in [1.165, 1.54) is 12.1 Å². The van der Waals surface area contributed by atoms with Gasteiger partial charge < -0.3 is 14.7 Å². The number of hydrogen-bond acceptors (Lipinski definition) is 3. The van der Waals surface area contributed by atoms with E-state index >= 15 is 0 Å². The van der Waals surface area contributed by atoms with E-state index in [4.69, 9.17) is 0 Å². The molecular weight excluding hydrogens is 335 g/mol. The first-order valence-corrected chi connectivity index (χ1v) is 8.61. The maximum absolute atomic E-state index is 13.0. The third-order valence-electron chi connectivity index (χ3n) is 4.91. The molecule has 3 amide bonds. The molecule has 134 valence electrons. The van der Waals surface area contributed by atoms with Crippen LogP contribution < -0.4 is 0 Å². The average molecular weight is 354 g/mol. The zero-order chi connectivity index (χ0) is 18.1. The predicted octanol–water partition coefficient (Wildman–Crippen LogP) is 1.98. The summed E-state index contributed by atoms with van der Waals surface area (Å²) >= 11 is 0. The number of urea groups is 1. The SMILES string of the molecule is O=C(c1cccnc1)N1CCN2C(=O)N(Cc3ccc(F)cc3)CC2C1. The van der Waals surface area contributed by atoms with Crippen LogP contribution in [0.15, 0.2) is 48.8 Å². The lowest BCUT2D eigenvalue weighted by atomic mass is 10.1. The Hall–Kier alpha value is -2.96. The van der Waals surface area contributed by atoms with Gasteiger partial charge in [0.25, 0.3) is 5.91 Å². The molecule has 1 atom stereocenters. The van der Waals surface area contributed by atoms with Crippen LogP contribution >= 0.6 is 0 Å². The number of carbonyl (C=O) groups is 2. The number of carbonyl (C=O) groups excluding carboxylic acids is 2. The lowest BCUT2D eigenvalue weighted by Gasteiger charge is -2.36. The Kier molecular flexibility index (Phi) is 4.28. The number of halogens is 1. The van der Waals surface area contributed by atoms with Gasteiger partial charge in [-0.3, -0.25) is 9.78 Å². The molecule has 0 saturated carbocycles. The van der Waals surface area contributed by atoms with Gasteiger partial charge >= 0.3 is 6.03 Å². The predicted molar refractivity (Wildman–Crippen MR) is 92.8 cm³/mol. The second-order valence-electron chi connectivity index (χ2n) is 6.63. The topological polar surface area (TPSA) is 56.8 Å². The van der Waals surface area contributed by atoms with Gasteiger partial charge in [-0.1, -0.05) is 12.1 Å². The zero-order valence-corrected chi connectivity index (χ0v) is 14.2. The standard InChI is InChI=1S/C19H19FN4O2/c20-16-5-3-14(4-6-16)11-23-13-17-12-22(8-9-24(17)19(23)26)18(25)15-2-1-7-21-10-15/h1-7,10,17H,8-9,11-13H2. The molecule has 0 spiro atoms. The van der Waals surface area contributed by atoms with Crippen LogP contribution in [0.1, 0.15) is 15.9 Å². The van der Waals surface area contributed by atoms with Crippen molar-refractivity contribution >= 4 is 11.9 Å². The van der Waals surface area contributed by atoms with Crippen LogP contribution in [0.2, 0.25) is 0 Å². The smallest absolute Gasteiger partial charge is 0.320 e. The fourth-order valence-electron chi connectivity index (χ4n) is 3.58. The fourth-order valence-corrected chi connectivity index (χ4v) is 3.58. The first-order valence-electron chi connectivity index (χ1n) is 8.61. The van der Waals surface area contributed by atoms with Crippen LogP contribution in [0.25, 0.3) is 0 Å². The molecule has 0 bridgehead atoms. The number of aromatic nitrogens is 1. The van der Waals surface area contributed by atoms with Crippen LogP contribution in [0.3, 0.4) is 0 Å². The Labute approximate surface area is 150 Å². The molecule has 2 aromatic rings. The third-order valence-corrected chi connectivity index (χ3v) is 4.91. The second-order valence-corrected chi connectivity index (χ2v) is 6.63. The number of piperazine rings is 1. The summed E-state index contributed by atoms with van der Waals surface area (Å²) in [6.45, 7) is 2.56. The van der Waals surface area contributed by atoms with E-state index in [1.807, 2.05) is 4.90 Å². The maximum atomic E-state index is 13.0. The molecule has 4 rings (SSSR count). The highest BCUT2D eigenvalue weighted by Gasteiger charge is 2.41. The molecule has 1 aromatic carbocycles. The number of hydrogen-bond donors (Lipinski definition) is 0. The van der Waals surface area contributed by atoms with E-state index < -0.39 is 0 Å². The minimum Gasteiger partial charge on any atom is -0.335 e. The molecule has 0 aliphatic carbocycles. The van der Waals surface area contributed by atoms with Crippen molar-refractivity contribution in [2.45, 2.75) is 12.6 Å². The fraction of sp³-hybridized carbons (Fsp3) is 0.316. The summed E-state index contributed by atoms with van der Waals surface area (Å²) in [6.07, 6.45) is 3.20. The highest BCUT2D eigenvalue weighted by atomic mass is 19.1. The van der Waals surface area contributed by atoms with E-state index in [0.29, 0.717) is 38.3 Å². The molecule has 2 aliphatic rings. The summed E-state index contributed by atoms with van der Waals surface area (Å²) < 4.78 is 13.0. The molecule has 26 heavy (non-hydrogen) atoms. The Bertz CT molecular complexity index is 812. The van der Waals surface area contributed by atoms with Crippen molar-refractivity contribution in [3.05, 3.63) is 65.7 Å². The maximum Gasteiger partial charge on any atom is 0.320 e. The Morgan fingerprint density at radius 1 is 1.15 bits per heavy atom. The summed E-state index contributed by atoms with van der Waals surface area (Å²) in [5, 5.41) is 0. The normalized spacial score (nSPS) is 19.7. The van der Waals surface area contributed by atoms with Gasteiger partial charge in [0.2, 0.25) is 0 Å². The summed E-state index contributed by atoms with van der Waals surface area (Å²) in [6, 6.07) is 9.64. The monoisotopic (exact) mass is 354 g/mol. The van der Waals surface area contributed by atoms with E-state index in [0.717, 1.165) is 5.56 Å². The van der Waals surface area contributed by atoms with Crippen LogP contribution in [-0.2, 0) is 6.54 Å². The van der Waals surface area contributed by atoms with Crippen LogP contribution in [-0.4, -0.2) is 63.8 Å². The highest BCUT2D eigenvalue weighted by molar-refractivity contribution is 5.94. The van der Waals surface area contributed by atoms with E-state index in [9.17, 15) is 14.0 Å². The van der Waals surface area contributed by atoms with Gasteiger partial charge in [-0.25, -0.2) is 9.18 Å².